The molecule has 0 saturated carbocycles. The van der Waals surface area contributed by atoms with Crippen LogP contribution in [0.1, 0.15) is 11.4 Å². The number of fused-ring (bicyclic) bond motifs is 1. The number of nitriles is 1. The molecule has 4 nitrogen and oxygen atoms in total. The summed E-state index contributed by atoms with van der Waals surface area (Å²) in [5, 5.41) is 9.21. The normalized spacial score (nSPS) is 10.8. The van der Waals surface area contributed by atoms with Crippen molar-refractivity contribution in [3.8, 4) is 11.8 Å². The van der Waals surface area contributed by atoms with E-state index in [-0.39, 0.29) is 11.4 Å². The van der Waals surface area contributed by atoms with Crippen molar-refractivity contribution in [2.24, 2.45) is 0 Å². The lowest BCUT2D eigenvalue weighted by molar-refractivity contribution is 0.627. The van der Waals surface area contributed by atoms with Crippen LogP contribution >= 0.6 is 27.5 Å². The number of imidazole rings is 1. The highest BCUT2D eigenvalue weighted by Gasteiger charge is 2.16. The Morgan fingerprint density at radius 1 is 1.38 bits per heavy atom. The average molecular weight is 366 g/mol. The standard InChI is InChI=1S/C14H7BrClFN4/c15-9-4-11-14(19-7-9)21(13(5-16)20-11)12-2-1-10(17)3-8(12)6-18/h1-4,7H,5H2. The second-order valence-electron chi connectivity index (χ2n) is 4.27. The molecule has 21 heavy (non-hydrogen) atoms. The van der Waals surface area contributed by atoms with Gasteiger partial charge in [0.1, 0.15) is 23.2 Å². The molecular formula is C14H7BrClFN4. The van der Waals surface area contributed by atoms with Gasteiger partial charge in [0.2, 0.25) is 0 Å². The summed E-state index contributed by atoms with van der Waals surface area (Å²) < 4.78 is 15.8. The van der Waals surface area contributed by atoms with E-state index in [4.69, 9.17) is 11.6 Å². The molecule has 0 bridgehead atoms. The van der Waals surface area contributed by atoms with E-state index in [1.54, 1.807) is 10.8 Å². The molecule has 2 aromatic heterocycles. The minimum atomic E-state index is -0.470. The van der Waals surface area contributed by atoms with Gasteiger partial charge >= 0.3 is 0 Å². The van der Waals surface area contributed by atoms with Crippen LogP contribution in [0.2, 0.25) is 0 Å². The lowest BCUT2D eigenvalue weighted by Crippen LogP contribution is -2.03. The summed E-state index contributed by atoms with van der Waals surface area (Å²) in [6, 6.07) is 7.79. The number of halogens is 3. The number of rotatable bonds is 2. The average Bonchev–Trinajstić information content (AvgIpc) is 2.84. The van der Waals surface area contributed by atoms with Crippen molar-refractivity contribution in [2.45, 2.75) is 5.88 Å². The number of alkyl halides is 1. The summed E-state index contributed by atoms with van der Waals surface area (Å²) in [5.41, 5.74) is 1.92. The lowest BCUT2D eigenvalue weighted by atomic mass is 10.2. The second-order valence-corrected chi connectivity index (χ2v) is 5.45. The SMILES string of the molecule is N#Cc1cc(F)ccc1-n1c(CCl)nc2cc(Br)cnc21. The molecule has 3 rings (SSSR count). The van der Waals surface area contributed by atoms with Crippen LogP contribution in [0.25, 0.3) is 16.9 Å². The fraction of sp³-hybridized carbons (Fsp3) is 0.0714. The molecule has 7 heteroatoms. The van der Waals surface area contributed by atoms with Crippen LogP contribution in [0.5, 0.6) is 0 Å². The van der Waals surface area contributed by atoms with Crippen molar-refractivity contribution in [3.05, 3.63) is 52.1 Å². The Hall–Kier alpha value is -1.97. The largest absolute Gasteiger partial charge is 0.278 e. The van der Waals surface area contributed by atoms with Gasteiger partial charge in [-0.3, -0.25) is 4.57 Å². The highest BCUT2D eigenvalue weighted by atomic mass is 79.9. The van der Waals surface area contributed by atoms with Gasteiger partial charge in [-0.1, -0.05) is 0 Å². The third-order valence-corrected chi connectivity index (χ3v) is 3.65. The van der Waals surface area contributed by atoms with E-state index in [1.165, 1.54) is 18.2 Å². The molecule has 0 aliphatic carbocycles. The number of pyridine rings is 1. The van der Waals surface area contributed by atoms with E-state index in [2.05, 4.69) is 25.9 Å². The second kappa shape index (κ2) is 5.43. The molecule has 3 aromatic rings. The summed E-state index contributed by atoms with van der Waals surface area (Å²) in [5.74, 6) is 0.221. The minimum absolute atomic E-state index is 0.149. The maximum atomic E-state index is 13.3. The van der Waals surface area contributed by atoms with Gasteiger partial charge in [0.05, 0.1) is 17.1 Å². The molecule has 0 atom stereocenters. The Labute approximate surface area is 132 Å². The molecule has 0 N–H and O–H groups in total. The highest BCUT2D eigenvalue weighted by Crippen LogP contribution is 2.25. The first-order valence-corrected chi connectivity index (χ1v) is 7.25. The van der Waals surface area contributed by atoms with Crippen LogP contribution in [-0.4, -0.2) is 14.5 Å². The first-order valence-electron chi connectivity index (χ1n) is 5.93. The smallest absolute Gasteiger partial charge is 0.164 e. The van der Waals surface area contributed by atoms with Crippen LogP contribution in [0.15, 0.2) is 34.9 Å². The number of benzene rings is 1. The summed E-state index contributed by atoms with van der Waals surface area (Å²) in [6.45, 7) is 0. The van der Waals surface area contributed by atoms with Gasteiger partial charge in [0.15, 0.2) is 5.65 Å². The highest BCUT2D eigenvalue weighted by molar-refractivity contribution is 9.10. The third kappa shape index (κ3) is 2.39. The molecule has 2 heterocycles. The Balaban J connectivity index is 2.37. The monoisotopic (exact) mass is 364 g/mol. The molecule has 0 radical (unpaired) electrons. The molecule has 0 spiro atoms. The molecule has 0 saturated heterocycles. The van der Waals surface area contributed by atoms with E-state index >= 15 is 0 Å². The van der Waals surface area contributed by atoms with Crippen LogP contribution in [-0.2, 0) is 5.88 Å². The van der Waals surface area contributed by atoms with E-state index in [0.29, 0.717) is 22.7 Å². The first kappa shape index (κ1) is 14.0. The Bertz CT molecular complexity index is 885. The van der Waals surface area contributed by atoms with Crippen LogP contribution in [0.3, 0.4) is 0 Å². The van der Waals surface area contributed by atoms with E-state index in [0.717, 1.165) is 4.47 Å². The van der Waals surface area contributed by atoms with Crippen molar-refractivity contribution in [1.82, 2.24) is 14.5 Å². The van der Waals surface area contributed by atoms with Crippen LogP contribution in [0.4, 0.5) is 4.39 Å². The number of aromatic nitrogens is 3. The number of hydrogen-bond donors (Lipinski definition) is 0. The predicted molar refractivity (Wildman–Crippen MR) is 80.8 cm³/mol. The Morgan fingerprint density at radius 3 is 2.90 bits per heavy atom. The maximum absolute atomic E-state index is 13.3. The fourth-order valence-corrected chi connectivity index (χ4v) is 2.62. The first-order chi connectivity index (χ1) is 10.1. The predicted octanol–water partition coefficient (Wildman–Crippen LogP) is 3.93. The topological polar surface area (TPSA) is 54.5 Å². The molecule has 0 aliphatic rings. The van der Waals surface area contributed by atoms with Gasteiger partial charge in [0, 0.05) is 10.7 Å². The van der Waals surface area contributed by atoms with Crippen molar-refractivity contribution in [1.29, 1.82) is 5.26 Å². The number of hydrogen-bond acceptors (Lipinski definition) is 3. The molecule has 1 aromatic carbocycles. The zero-order valence-electron chi connectivity index (χ0n) is 10.5. The quantitative estimate of drug-likeness (QED) is 0.647. The van der Waals surface area contributed by atoms with Crippen LogP contribution in [0, 0.1) is 17.1 Å². The van der Waals surface area contributed by atoms with Gasteiger partial charge in [-0.25, -0.2) is 14.4 Å². The molecule has 104 valence electrons. The van der Waals surface area contributed by atoms with E-state index < -0.39 is 5.82 Å². The minimum Gasteiger partial charge on any atom is -0.278 e. The Kier molecular flexibility index (Phi) is 3.62. The van der Waals surface area contributed by atoms with Gasteiger partial charge in [-0.15, -0.1) is 11.6 Å². The summed E-state index contributed by atoms with van der Waals surface area (Å²) in [6.07, 6.45) is 1.63. The van der Waals surface area contributed by atoms with Crippen LogP contribution < -0.4 is 0 Å². The van der Waals surface area contributed by atoms with E-state index in [9.17, 15) is 9.65 Å². The molecular weight excluding hydrogens is 359 g/mol. The molecule has 0 amide bonds. The van der Waals surface area contributed by atoms with E-state index in [1.807, 2.05) is 12.1 Å². The van der Waals surface area contributed by atoms with Gasteiger partial charge in [0.25, 0.3) is 0 Å². The number of nitrogens with zero attached hydrogens (tertiary/aromatic N) is 4. The molecule has 0 fully saturated rings. The Morgan fingerprint density at radius 2 is 2.19 bits per heavy atom. The van der Waals surface area contributed by atoms with Gasteiger partial charge in [-0.2, -0.15) is 5.26 Å². The summed E-state index contributed by atoms with van der Waals surface area (Å²) >= 11 is 9.28. The summed E-state index contributed by atoms with van der Waals surface area (Å²) in [7, 11) is 0. The van der Waals surface area contributed by atoms with Crippen molar-refractivity contribution < 1.29 is 4.39 Å². The third-order valence-electron chi connectivity index (χ3n) is 2.97. The maximum Gasteiger partial charge on any atom is 0.164 e. The van der Waals surface area contributed by atoms with Gasteiger partial charge in [-0.05, 0) is 40.2 Å². The van der Waals surface area contributed by atoms with Crippen molar-refractivity contribution >= 4 is 38.7 Å². The summed E-state index contributed by atoms with van der Waals surface area (Å²) in [4.78, 5) is 8.72. The zero-order chi connectivity index (χ0) is 15.0. The fourth-order valence-electron chi connectivity index (χ4n) is 2.12. The molecule has 0 aliphatic heterocycles. The van der Waals surface area contributed by atoms with Crippen molar-refractivity contribution in [2.75, 3.05) is 0 Å². The zero-order valence-corrected chi connectivity index (χ0v) is 12.9. The van der Waals surface area contributed by atoms with Gasteiger partial charge < -0.3 is 0 Å². The van der Waals surface area contributed by atoms with Crippen molar-refractivity contribution in [3.63, 3.8) is 0 Å². The lowest BCUT2D eigenvalue weighted by Gasteiger charge is -2.09. The molecule has 0 unspecified atom stereocenters.